The van der Waals surface area contributed by atoms with Crippen LogP contribution in [0.5, 0.6) is 0 Å². The number of rotatable bonds is 4. The van der Waals surface area contributed by atoms with Gasteiger partial charge in [-0.3, -0.25) is 14.5 Å². The standard InChI is InChI=1S/C24H20FN5O3/c1-33-24(32)28-21-9-4-16(12-26-21)20-13-27-22-10-7-18(14-29(20)22)30-19(8-11-23(30)31)15-2-5-17(25)6-3-15/h2-7,9-10,12-14,19H,8,11H2,1H3,(H,26,28,32)/t19-/m1/s1. The van der Waals surface area contributed by atoms with Crippen LogP contribution in [0.2, 0.25) is 0 Å². The minimum absolute atomic E-state index is 0.0187. The summed E-state index contributed by atoms with van der Waals surface area (Å²) in [5.74, 6) is 0.0793. The van der Waals surface area contributed by atoms with Gasteiger partial charge in [-0.2, -0.15) is 0 Å². The summed E-state index contributed by atoms with van der Waals surface area (Å²) in [5.41, 5.74) is 3.92. The first kappa shape index (κ1) is 20.6. The fourth-order valence-electron chi connectivity index (χ4n) is 4.11. The molecule has 1 atom stereocenters. The van der Waals surface area contributed by atoms with E-state index in [9.17, 15) is 14.0 Å². The van der Waals surface area contributed by atoms with Crippen molar-refractivity contribution in [3.63, 3.8) is 0 Å². The van der Waals surface area contributed by atoms with Crippen molar-refractivity contribution in [1.82, 2.24) is 14.4 Å². The molecule has 0 radical (unpaired) electrons. The van der Waals surface area contributed by atoms with Crippen molar-refractivity contribution in [1.29, 1.82) is 0 Å². The fourth-order valence-corrected chi connectivity index (χ4v) is 4.11. The third kappa shape index (κ3) is 3.89. The number of aromatic nitrogens is 3. The summed E-state index contributed by atoms with van der Waals surface area (Å²) in [4.78, 5) is 34.6. The number of methoxy groups -OCH3 is 1. The number of carbonyl (C=O) groups is 2. The third-order valence-corrected chi connectivity index (χ3v) is 5.71. The number of carbonyl (C=O) groups excluding carboxylic acids is 2. The average molecular weight is 445 g/mol. The van der Waals surface area contributed by atoms with Crippen molar-refractivity contribution >= 4 is 29.2 Å². The van der Waals surface area contributed by atoms with Crippen LogP contribution < -0.4 is 10.2 Å². The molecule has 1 saturated heterocycles. The molecule has 1 aromatic carbocycles. The van der Waals surface area contributed by atoms with Crippen molar-refractivity contribution in [2.24, 2.45) is 0 Å². The molecule has 0 unspecified atom stereocenters. The van der Waals surface area contributed by atoms with Crippen molar-refractivity contribution in [2.45, 2.75) is 18.9 Å². The first-order chi connectivity index (χ1) is 16.0. The Hall–Kier alpha value is -4.27. The molecular formula is C24H20FN5O3. The molecule has 1 aliphatic rings. The van der Waals surface area contributed by atoms with E-state index >= 15 is 0 Å². The average Bonchev–Trinajstić information content (AvgIpc) is 3.43. The molecule has 33 heavy (non-hydrogen) atoms. The van der Waals surface area contributed by atoms with Crippen molar-refractivity contribution < 1.29 is 18.7 Å². The van der Waals surface area contributed by atoms with Gasteiger partial charge < -0.3 is 9.64 Å². The van der Waals surface area contributed by atoms with E-state index in [1.165, 1.54) is 19.2 Å². The van der Waals surface area contributed by atoms with Gasteiger partial charge in [-0.1, -0.05) is 12.1 Å². The molecule has 1 fully saturated rings. The molecule has 0 saturated carbocycles. The summed E-state index contributed by atoms with van der Waals surface area (Å²) in [6.45, 7) is 0. The summed E-state index contributed by atoms with van der Waals surface area (Å²) in [6.07, 6.45) is 5.72. The van der Waals surface area contributed by atoms with Gasteiger partial charge in [0, 0.05) is 24.4 Å². The van der Waals surface area contributed by atoms with Crippen LogP contribution in [-0.2, 0) is 9.53 Å². The van der Waals surface area contributed by atoms with Gasteiger partial charge in [0.2, 0.25) is 5.91 Å². The number of amides is 2. The SMILES string of the molecule is COC(=O)Nc1ccc(-c2cnc3ccc(N4C(=O)CC[C@@H]4c4ccc(F)cc4)cn23)cn1. The minimum Gasteiger partial charge on any atom is -0.453 e. The molecule has 4 heterocycles. The normalized spacial score (nSPS) is 15.8. The van der Waals surface area contributed by atoms with Gasteiger partial charge in [-0.05, 0) is 48.4 Å². The first-order valence-corrected chi connectivity index (χ1v) is 10.4. The van der Waals surface area contributed by atoms with Crippen molar-refractivity contribution in [3.8, 4) is 11.3 Å². The molecule has 0 spiro atoms. The highest BCUT2D eigenvalue weighted by Crippen LogP contribution is 2.37. The lowest BCUT2D eigenvalue weighted by Gasteiger charge is -2.25. The summed E-state index contributed by atoms with van der Waals surface area (Å²) in [5, 5.41) is 2.51. The monoisotopic (exact) mass is 445 g/mol. The first-order valence-electron chi connectivity index (χ1n) is 10.4. The van der Waals surface area contributed by atoms with Gasteiger partial charge in [-0.15, -0.1) is 0 Å². The molecule has 1 aliphatic heterocycles. The van der Waals surface area contributed by atoms with Crippen LogP contribution in [0.25, 0.3) is 16.9 Å². The number of nitrogens with one attached hydrogen (secondary N) is 1. The number of nitrogens with zero attached hydrogens (tertiary/aromatic N) is 4. The number of benzene rings is 1. The van der Waals surface area contributed by atoms with Gasteiger partial charge >= 0.3 is 6.09 Å². The Balaban J connectivity index is 1.49. The van der Waals surface area contributed by atoms with Gasteiger partial charge in [0.25, 0.3) is 0 Å². The van der Waals surface area contributed by atoms with Crippen LogP contribution in [0.1, 0.15) is 24.4 Å². The van der Waals surface area contributed by atoms with Crippen LogP contribution in [0, 0.1) is 5.82 Å². The molecule has 166 valence electrons. The van der Waals surface area contributed by atoms with E-state index in [0.29, 0.717) is 18.7 Å². The Labute approximate surface area is 188 Å². The van der Waals surface area contributed by atoms with E-state index in [0.717, 1.165) is 28.2 Å². The zero-order valence-corrected chi connectivity index (χ0v) is 17.7. The smallest absolute Gasteiger partial charge is 0.412 e. The number of fused-ring (bicyclic) bond motifs is 1. The molecular weight excluding hydrogens is 425 g/mol. The lowest BCUT2D eigenvalue weighted by molar-refractivity contribution is -0.117. The maximum absolute atomic E-state index is 13.4. The maximum Gasteiger partial charge on any atom is 0.412 e. The number of hydrogen-bond acceptors (Lipinski definition) is 5. The van der Waals surface area contributed by atoms with Crippen LogP contribution in [0.4, 0.5) is 20.7 Å². The highest BCUT2D eigenvalue weighted by molar-refractivity contribution is 5.96. The largest absolute Gasteiger partial charge is 0.453 e. The Kier molecular flexibility index (Phi) is 5.21. The van der Waals surface area contributed by atoms with Gasteiger partial charge in [-0.25, -0.2) is 19.2 Å². The van der Waals surface area contributed by atoms with Crippen LogP contribution in [0.15, 0.2) is 67.1 Å². The molecule has 0 aliphatic carbocycles. The second-order valence-corrected chi connectivity index (χ2v) is 7.68. The molecule has 3 aromatic heterocycles. The number of ether oxygens (including phenoxy) is 1. The summed E-state index contributed by atoms with van der Waals surface area (Å²) < 4.78 is 19.9. The molecule has 8 nitrogen and oxygen atoms in total. The Morgan fingerprint density at radius 2 is 1.91 bits per heavy atom. The second kappa shape index (κ2) is 8.34. The fraction of sp³-hybridized carbons (Fsp3) is 0.167. The van der Waals surface area contributed by atoms with E-state index in [2.05, 4.69) is 20.0 Å². The Morgan fingerprint density at radius 1 is 1.09 bits per heavy atom. The Morgan fingerprint density at radius 3 is 2.64 bits per heavy atom. The minimum atomic E-state index is -0.597. The van der Waals surface area contributed by atoms with E-state index in [1.807, 2.05) is 28.8 Å². The quantitative estimate of drug-likeness (QED) is 0.497. The molecule has 0 bridgehead atoms. The predicted molar refractivity (Wildman–Crippen MR) is 120 cm³/mol. The number of hydrogen-bond donors (Lipinski definition) is 1. The van der Waals surface area contributed by atoms with Gasteiger partial charge in [0.15, 0.2) is 0 Å². The summed E-state index contributed by atoms with van der Waals surface area (Å²) >= 11 is 0. The topological polar surface area (TPSA) is 88.8 Å². The molecule has 4 aromatic rings. The summed E-state index contributed by atoms with van der Waals surface area (Å²) in [7, 11) is 1.28. The van der Waals surface area contributed by atoms with Crippen LogP contribution in [-0.4, -0.2) is 33.5 Å². The van der Waals surface area contributed by atoms with Crippen LogP contribution in [0.3, 0.4) is 0 Å². The maximum atomic E-state index is 13.4. The number of halogens is 1. The van der Waals surface area contributed by atoms with E-state index < -0.39 is 6.09 Å². The van der Waals surface area contributed by atoms with Crippen molar-refractivity contribution in [3.05, 3.63) is 78.5 Å². The van der Waals surface area contributed by atoms with Gasteiger partial charge in [0.1, 0.15) is 17.3 Å². The van der Waals surface area contributed by atoms with E-state index in [-0.39, 0.29) is 17.8 Å². The predicted octanol–water partition coefficient (Wildman–Crippen LogP) is 4.58. The highest BCUT2D eigenvalue weighted by atomic mass is 19.1. The lowest BCUT2D eigenvalue weighted by Crippen LogP contribution is -2.27. The van der Waals surface area contributed by atoms with E-state index in [1.54, 1.807) is 35.5 Å². The molecule has 9 heteroatoms. The van der Waals surface area contributed by atoms with Crippen molar-refractivity contribution in [2.75, 3.05) is 17.3 Å². The Bertz CT molecular complexity index is 1330. The number of imidazole rings is 1. The number of pyridine rings is 2. The lowest BCUT2D eigenvalue weighted by atomic mass is 10.0. The molecule has 2 amide bonds. The highest BCUT2D eigenvalue weighted by Gasteiger charge is 2.33. The molecule has 1 N–H and O–H groups in total. The van der Waals surface area contributed by atoms with Crippen LogP contribution >= 0.6 is 0 Å². The summed E-state index contributed by atoms with van der Waals surface area (Å²) in [6, 6.07) is 13.3. The second-order valence-electron chi connectivity index (χ2n) is 7.68. The third-order valence-electron chi connectivity index (χ3n) is 5.71. The van der Waals surface area contributed by atoms with E-state index in [4.69, 9.17) is 0 Å². The zero-order valence-electron chi connectivity index (χ0n) is 17.7. The number of anilines is 2. The zero-order chi connectivity index (χ0) is 22.9. The molecule has 5 rings (SSSR count). The van der Waals surface area contributed by atoms with Gasteiger partial charge in [0.05, 0.1) is 30.7 Å².